The second-order valence-electron chi connectivity index (χ2n) is 6.25. The lowest BCUT2D eigenvalue weighted by Gasteiger charge is -2.22. The number of H-pyrrole nitrogens is 1. The summed E-state index contributed by atoms with van der Waals surface area (Å²) in [5.74, 6) is 1.68. The second-order valence-corrected chi connectivity index (χ2v) is 7.64. The Bertz CT molecular complexity index is 767. The predicted octanol–water partition coefficient (Wildman–Crippen LogP) is 4.15. The molecule has 0 saturated heterocycles. The van der Waals surface area contributed by atoms with Gasteiger partial charge in [-0.25, -0.2) is 4.79 Å². The molecule has 0 spiro atoms. The number of aromatic amines is 1. The molecule has 3 rings (SSSR count). The molecule has 0 aliphatic heterocycles. The Balaban J connectivity index is 1.78. The van der Waals surface area contributed by atoms with E-state index < -0.39 is 0 Å². The van der Waals surface area contributed by atoms with Crippen LogP contribution in [-0.4, -0.2) is 34.8 Å². The lowest BCUT2D eigenvalue weighted by molar-refractivity contribution is 0.0523. The summed E-state index contributed by atoms with van der Waals surface area (Å²) in [6.07, 6.45) is 1.22. The minimum Gasteiger partial charge on any atom is -0.460 e. The topological polar surface area (TPSA) is 59.2 Å². The number of esters is 1. The number of hydrogen-bond acceptors (Lipinski definition) is 4. The molecule has 0 saturated carbocycles. The monoisotopic (exact) mass is 357 g/mol. The molecule has 132 valence electrons. The third-order valence-electron chi connectivity index (χ3n) is 4.63. The molecule has 5 heteroatoms. The smallest absolute Gasteiger partial charge is 0.355 e. The molecular weight excluding hydrogens is 334 g/mol. The van der Waals surface area contributed by atoms with Crippen LogP contribution in [0.1, 0.15) is 56.9 Å². The molecule has 1 aliphatic carbocycles. The molecule has 1 aromatic carbocycles. The SMILES string of the molecule is CCSCCOC(=O)c1[nH]c2c(c1C)C(=O)C[C@@H](c1ccccc1)C2. The molecule has 0 bridgehead atoms. The predicted molar refractivity (Wildman–Crippen MR) is 101 cm³/mol. The zero-order chi connectivity index (χ0) is 17.8. The van der Waals surface area contributed by atoms with Crippen molar-refractivity contribution >= 4 is 23.5 Å². The van der Waals surface area contributed by atoms with Gasteiger partial charge in [-0.3, -0.25) is 4.79 Å². The highest BCUT2D eigenvalue weighted by molar-refractivity contribution is 7.99. The van der Waals surface area contributed by atoms with Gasteiger partial charge in [0.25, 0.3) is 0 Å². The number of benzene rings is 1. The number of rotatable bonds is 6. The first kappa shape index (κ1) is 17.8. The average molecular weight is 357 g/mol. The van der Waals surface area contributed by atoms with Crippen LogP contribution in [0, 0.1) is 6.92 Å². The van der Waals surface area contributed by atoms with Gasteiger partial charge in [0.05, 0.1) is 0 Å². The van der Waals surface area contributed by atoms with E-state index in [0.717, 1.165) is 34.7 Å². The summed E-state index contributed by atoms with van der Waals surface area (Å²) in [6, 6.07) is 10.1. The largest absolute Gasteiger partial charge is 0.460 e. The van der Waals surface area contributed by atoms with Gasteiger partial charge in [-0.2, -0.15) is 11.8 Å². The van der Waals surface area contributed by atoms with Crippen molar-refractivity contribution in [2.24, 2.45) is 0 Å². The molecule has 1 N–H and O–H groups in total. The van der Waals surface area contributed by atoms with E-state index in [9.17, 15) is 9.59 Å². The van der Waals surface area contributed by atoms with Crippen molar-refractivity contribution in [2.45, 2.75) is 32.6 Å². The summed E-state index contributed by atoms with van der Waals surface area (Å²) in [5, 5.41) is 0. The van der Waals surface area contributed by atoms with Gasteiger partial charge in [0.1, 0.15) is 12.3 Å². The number of fused-ring (bicyclic) bond motifs is 1. The highest BCUT2D eigenvalue weighted by atomic mass is 32.2. The quantitative estimate of drug-likeness (QED) is 0.623. The van der Waals surface area contributed by atoms with Gasteiger partial charge in [-0.05, 0) is 36.1 Å². The van der Waals surface area contributed by atoms with Gasteiger partial charge in [0, 0.05) is 23.4 Å². The van der Waals surface area contributed by atoms with E-state index in [0.29, 0.717) is 24.3 Å². The van der Waals surface area contributed by atoms with E-state index >= 15 is 0 Å². The number of hydrogen-bond donors (Lipinski definition) is 1. The zero-order valence-electron chi connectivity index (χ0n) is 14.6. The van der Waals surface area contributed by atoms with E-state index in [1.54, 1.807) is 11.8 Å². The van der Waals surface area contributed by atoms with E-state index in [2.05, 4.69) is 24.0 Å². The van der Waals surface area contributed by atoms with Crippen LogP contribution in [0.25, 0.3) is 0 Å². The maximum atomic E-state index is 12.6. The summed E-state index contributed by atoms with van der Waals surface area (Å²) in [5.41, 5.74) is 3.85. The second kappa shape index (κ2) is 7.91. The van der Waals surface area contributed by atoms with E-state index in [-0.39, 0.29) is 17.7 Å². The Hall–Kier alpha value is -2.01. The van der Waals surface area contributed by atoms with Crippen molar-refractivity contribution in [2.75, 3.05) is 18.1 Å². The fraction of sp³-hybridized carbons (Fsp3) is 0.400. The van der Waals surface area contributed by atoms with Crippen molar-refractivity contribution in [3.8, 4) is 0 Å². The molecule has 1 atom stereocenters. The minimum atomic E-state index is -0.368. The summed E-state index contributed by atoms with van der Waals surface area (Å²) in [7, 11) is 0. The minimum absolute atomic E-state index is 0.101. The molecule has 2 aromatic rings. The number of ketones is 1. The van der Waals surface area contributed by atoms with Crippen molar-refractivity contribution in [1.82, 2.24) is 4.98 Å². The zero-order valence-corrected chi connectivity index (χ0v) is 15.4. The fourth-order valence-corrected chi connectivity index (χ4v) is 3.90. The maximum Gasteiger partial charge on any atom is 0.355 e. The molecule has 0 unspecified atom stereocenters. The van der Waals surface area contributed by atoms with Gasteiger partial charge in [-0.15, -0.1) is 0 Å². The number of ether oxygens (including phenoxy) is 1. The summed E-state index contributed by atoms with van der Waals surface area (Å²) in [4.78, 5) is 28.2. The van der Waals surface area contributed by atoms with Crippen LogP contribution < -0.4 is 0 Å². The maximum absolute atomic E-state index is 12.6. The first-order chi connectivity index (χ1) is 12.1. The van der Waals surface area contributed by atoms with Crippen molar-refractivity contribution in [1.29, 1.82) is 0 Å². The van der Waals surface area contributed by atoms with Crippen LogP contribution in [0.2, 0.25) is 0 Å². The van der Waals surface area contributed by atoms with Crippen LogP contribution in [-0.2, 0) is 11.2 Å². The van der Waals surface area contributed by atoms with E-state index in [1.807, 2.05) is 25.1 Å². The summed E-state index contributed by atoms with van der Waals surface area (Å²) >= 11 is 1.73. The Morgan fingerprint density at radius 1 is 1.28 bits per heavy atom. The number of Topliss-reactive ketones (excluding diaryl/α,β-unsaturated/α-hetero) is 1. The molecule has 0 amide bonds. The van der Waals surface area contributed by atoms with Crippen LogP contribution in [0.3, 0.4) is 0 Å². The van der Waals surface area contributed by atoms with Crippen molar-refractivity contribution < 1.29 is 14.3 Å². The van der Waals surface area contributed by atoms with Gasteiger partial charge < -0.3 is 9.72 Å². The summed E-state index contributed by atoms with van der Waals surface area (Å²) < 4.78 is 5.33. The Morgan fingerprint density at radius 3 is 2.76 bits per heavy atom. The molecule has 1 aliphatic rings. The molecule has 0 fully saturated rings. The van der Waals surface area contributed by atoms with Crippen molar-refractivity contribution in [3.05, 3.63) is 58.4 Å². The van der Waals surface area contributed by atoms with Gasteiger partial charge in [0.15, 0.2) is 5.78 Å². The van der Waals surface area contributed by atoms with Gasteiger partial charge in [-0.1, -0.05) is 37.3 Å². The van der Waals surface area contributed by atoms with Gasteiger partial charge in [0.2, 0.25) is 0 Å². The number of aromatic nitrogens is 1. The Labute approximate surface area is 152 Å². The van der Waals surface area contributed by atoms with Gasteiger partial charge >= 0.3 is 5.97 Å². The standard InChI is InChI=1S/C20H23NO3S/c1-3-25-10-9-24-20(23)19-13(2)18-16(21-19)11-15(12-17(18)22)14-7-5-4-6-8-14/h4-8,15,21H,3,9-12H2,1-2H3/t15-/m0/s1. The normalized spacial score (nSPS) is 16.6. The van der Waals surface area contributed by atoms with Crippen LogP contribution in [0.15, 0.2) is 30.3 Å². The van der Waals surface area contributed by atoms with E-state index in [1.165, 1.54) is 0 Å². The molecule has 0 radical (unpaired) electrons. The molecular formula is C20H23NO3S. The third kappa shape index (κ3) is 3.82. The fourth-order valence-electron chi connectivity index (χ4n) is 3.41. The Morgan fingerprint density at radius 2 is 2.04 bits per heavy atom. The van der Waals surface area contributed by atoms with Crippen molar-refractivity contribution in [3.63, 3.8) is 0 Å². The molecule has 1 heterocycles. The molecule has 1 aromatic heterocycles. The van der Waals surface area contributed by atoms with Crippen LogP contribution >= 0.6 is 11.8 Å². The number of carbonyl (C=O) groups excluding carboxylic acids is 2. The molecule has 25 heavy (non-hydrogen) atoms. The summed E-state index contributed by atoms with van der Waals surface area (Å²) in [6.45, 7) is 4.29. The molecule has 4 nitrogen and oxygen atoms in total. The number of nitrogens with one attached hydrogen (secondary N) is 1. The Kier molecular flexibility index (Phi) is 5.63. The van der Waals surface area contributed by atoms with Crippen LogP contribution in [0.4, 0.5) is 0 Å². The average Bonchev–Trinajstić information content (AvgIpc) is 2.96. The third-order valence-corrected chi connectivity index (χ3v) is 5.49. The number of carbonyl (C=O) groups is 2. The first-order valence-electron chi connectivity index (χ1n) is 8.66. The number of thioether (sulfide) groups is 1. The van der Waals surface area contributed by atoms with Crippen LogP contribution in [0.5, 0.6) is 0 Å². The van der Waals surface area contributed by atoms with E-state index in [4.69, 9.17) is 4.74 Å². The highest BCUT2D eigenvalue weighted by Crippen LogP contribution is 2.35. The first-order valence-corrected chi connectivity index (χ1v) is 9.81. The highest BCUT2D eigenvalue weighted by Gasteiger charge is 2.32. The lowest BCUT2D eigenvalue weighted by atomic mass is 9.81. The lowest BCUT2D eigenvalue weighted by Crippen LogP contribution is -2.18.